The average molecular weight is 309 g/mol. The number of ether oxygens (including phenoxy) is 3. The van der Waals surface area contributed by atoms with Crippen molar-refractivity contribution in [3.05, 3.63) is 0 Å². The maximum Gasteiger partial charge on any atom is 0.309 e. The van der Waals surface area contributed by atoms with Gasteiger partial charge in [-0.15, -0.1) is 0 Å². The smallest absolute Gasteiger partial charge is 0.309 e. The fraction of sp³-hybridized carbons (Fsp3) is 0.917. The Hall–Kier alpha value is -0.130. The second-order valence-electron chi connectivity index (χ2n) is 4.38. The Morgan fingerprint density at radius 2 is 2.18 bits per heavy atom. The van der Waals surface area contributed by atoms with Gasteiger partial charge in [0, 0.05) is 11.9 Å². The summed E-state index contributed by atoms with van der Waals surface area (Å²) < 4.78 is 15.9. The van der Waals surface area contributed by atoms with Gasteiger partial charge in [0.2, 0.25) is 0 Å². The zero-order valence-electron chi connectivity index (χ0n) is 10.6. The van der Waals surface area contributed by atoms with Crippen LogP contribution in [0.1, 0.15) is 26.7 Å². The fourth-order valence-corrected chi connectivity index (χ4v) is 2.91. The van der Waals surface area contributed by atoms with Gasteiger partial charge in [-0.05, 0) is 26.7 Å². The van der Waals surface area contributed by atoms with Crippen LogP contribution in [-0.4, -0.2) is 43.3 Å². The van der Waals surface area contributed by atoms with E-state index in [1.165, 1.54) is 0 Å². The van der Waals surface area contributed by atoms with Crippen LogP contribution >= 0.6 is 15.9 Å². The third kappa shape index (κ3) is 4.56. The minimum Gasteiger partial charge on any atom is -0.466 e. The largest absolute Gasteiger partial charge is 0.466 e. The van der Waals surface area contributed by atoms with E-state index in [2.05, 4.69) is 15.9 Å². The highest BCUT2D eigenvalue weighted by Gasteiger charge is 2.38. The summed E-state index contributed by atoms with van der Waals surface area (Å²) >= 11 is 3.57. The highest BCUT2D eigenvalue weighted by Crippen LogP contribution is 2.34. The van der Waals surface area contributed by atoms with Crippen molar-refractivity contribution >= 4 is 21.9 Å². The van der Waals surface area contributed by atoms with Crippen molar-refractivity contribution in [1.82, 2.24) is 0 Å². The summed E-state index contributed by atoms with van der Waals surface area (Å²) in [5.74, 6) is -0.151. The van der Waals surface area contributed by atoms with Crippen molar-refractivity contribution in [1.29, 1.82) is 0 Å². The average Bonchev–Trinajstić information content (AvgIpc) is 2.61. The van der Waals surface area contributed by atoms with E-state index in [1.807, 2.05) is 13.8 Å². The van der Waals surface area contributed by atoms with Crippen LogP contribution in [0.4, 0.5) is 0 Å². The Bertz CT molecular complexity index is 247. The molecule has 0 heterocycles. The fourth-order valence-electron chi connectivity index (χ4n) is 2.11. The topological polar surface area (TPSA) is 44.8 Å². The van der Waals surface area contributed by atoms with Crippen LogP contribution in [0.25, 0.3) is 0 Å². The van der Waals surface area contributed by atoms with Crippen molar-refractivity contribution in [3.8, 4) is 0 Å². The molecule has 4 unspecified atom stereocenters. The summed E-state index contributed by atoms with van der Waals surface area (Å²) in [6, 6.07) is 0. The minimum atomic E-state index is -0.109. The minimum absolute atomic E-state index is 0.0425. The molecule has 1 aliphatic rings. The Labute approximate surface area is 111 Å². The van der Waals surface area contributed by atoms with Crippen LogP contribution in [0.3, 0.4) is 0 Å². The Balaban J connectivity index is 2.41. The van der Waals surface area contributed by atoms with Gasteiger partial charge in [0.05, 0.1) is 31.3 Å². The van der Waals surface area contributed by atoms with Gasteiger partial charge in [-0.1, -0.05) is 15.9 Å². The van der Waals surface area contributed by atoms with E-state index in [1.54, 1.807) is 7.11 Å². The zero-order chi connectivity index (χ0) is 12.8. The Morgan fingerprint density at radius 1 is 1.47 bits per heavy atom. The van der Waals surface area contributed by atoms with Crippen molar-refractivity contribution in [2.45, 2.75) is 43.7 Å². The van der Waals surface area contributed by atoms with E-state index in [4.69, 9.17) is 14.2 Å². The lowest BCUT2D eigenvalue weighted by molar-refractivity contribution is -0.148. The molecule has 0 aromatic heterocycles. The second kappa shape index (κ2) is 7.34. The number of hydrogen-bond donors (Lipinski definition) is 0. The van der Waals surface area contributed by atoms with E-state index >= 15 is 0 Å². The van der Waals surface area contributed by atoms with Gasteiger partial charge < -0.3 is 14.2 Å². The van der Waals surface area contributed by atoms with Gasteiger partial charge in [0.1, 0.15) is 0 Å². The van der Waals surface area contributed by atoms with Crippen LogP contribution in [0, 0.1) is 5.92 Å². The molecule has 1 fully saturated rings. The molecule has 4 atom stereocenters. The summed E-state index contributed by atoms with van der Waals surface area (Å²) in [7, 11) is 1.65. The highest BCUT2D eigenvalue weighted by atomic mass is 79.9. The van der Waals surface area contributed by atoms with E-state index in [-0.39, 0.29) is 28.9 Å². The molecule has 5 heteroatoms. The Kier molecular flexibility index (Phi) is 6.44. The summed E-state index contributed by atoms with van der Waals surface area (Å²) in [6.45, 7) is 4.81. The van der Waals surface area contributed by atoms with Crippen LogP contribution < -0.4 is 0 Å². The monoisotopic (exact) mass is 308 g/mol. The number of esters is 1. The molecule has 0 aliphatic heterocycles. The summed E-state index contributed by atoms with van der Waals surface area (Å²) in [5.41, 5.74) is 0. The predicted octanol–water partition coefficient (Wildman–Crippen LogP) is 2.14. The third-order valence-electron chi connectivity index (χ3n) is 2.86. The molecule has 0 aromatic rings. The van der Waals surface area contributed by atoms with E-state index in [9.17, 15) is 4.79 Å². The molecule has 0 spiro atoms. The van der Waals surface area contributed by atoms with Gasteiger partial charge in [-0.25, -0.2) is 0 Å². The summed E-state index contributed by atoms with van der Waals surface area (Å²) in [5, 5.41) is 0. The molecule has 0 aromatic carbocycles. The molecular weight excluding hydrogens is 288 g/mol. The molecular formula is C12H21BrO4. The molecule has 1 rings (SSSR count). The van der Waals surface area contributed by atoms with Crippen LogP contribution in [0.5, 0.6) is 0 Å². The molecule has 0 bridgehead atoms. The van der Waals surface area contributed by atoms with Crippen LogP contribution in [0.2, 0.25) is 0 Å². The van der Waals surface area contributed by atoms with E-state index in [0.717, 1.165) is 12.8 Å². The molecule has 17 heavy (non-hydrogen) atoms. The van der Waals surface area contributed by atoms with E-state index < -0.39 is 0 Å². The van der Waals surface area contributed by atoms with Gasteiger partial charge in [-0.2, -0.15) is 0 Å². The quantitative estimate of drug-likeness (QED) is 0.557. The zero-order valence-corrected chi connectivity index (χ0v) is 12.2. The first-order chi connectivity index (χ1) is 8.08. The molecule has 100 valence electrons. The lowest BCUT2D eigenvalue weighted by Gasteiger charge is -2.20. The number of carbonyl (C=O) groups excluding carboxylic acids is 1. The molecule has 1 saturated carbocycles. The normalized spacial score (nSPS) is 30.2. The summed E-state index contributed by atoms with van der Waals surface area (Å²) in [4.78, 5) is 11.8. The van der Waals surface area contributed by atoms with E-state index in [0.29, 0.717) is 13.2 Å². The lowest BCUT2D eigenvalue weighted by Crippen LogP contribution is -2.26. The number of halogens is 1. The number of carbonyl (C=O) groups is 1. The molecule has 4 nitrogen and oxygen atoms in total. The predicted molar refractivity (Wildman–Crippen MR) is 68.3 cm³/mol. The standard InChI is InChI=1S/C12H21BrO4/c1-4-16-12(14)9-5-10(13)11(6-9)17-8(2)7-15-3/h8-11H,4-7H2,1-3H3. The van der Waals surface area contributed by atoms with Crippen LogP contribution in [-0.2, 0) is 19.0 Å². The van der Waals surface area contributed by atoms with Gasteiger partial charge >= 0.3 is 5.97 Å². The maximum absolute atomic E-state index is 11.6. The highest BCUT2D eigenvalue weighted by molar-refractivity contribution is 9.09. The van der Waals surface area contributed by atoms with Gasteiger partial charge in [-0.3, -0.25) is 4.79 Å². The van der Waals surface area contributed by atoms with Gasteiger partial charge in [0.15, 0.2) is 0 Å². The van der Waals surface area contributed by atoms with Gasteiger partial charge in [0.25, 0.3) is 0 Å². The molecule has 1 aliphatic carbocycles. The maximum atomic E-state index is 11.6. The number of hydrogen-bond acceptors (Lipinski definition) is 4. The second-order valence-corrected chi connectivity index (χ2v) is 5.55. The first-order valence-corrected chi connectivity index (χ1v) is 6.95. The van der Waals surface area contributed by atoms with Crippen molar-refractivity contribution in [2.24, 2.45) is 5.92 Å². The van der Waals surface area contributed by atoms with Crippen molar-refractivity contribution in [2.75, 3.05) is 20.3 Å². The first kappa shape index (κ1) is 14.9. The molecule has 0 radical (unpaired) electrons. The molecule has 0 N–H and O–H groups in total. The van der Waals surface area contributed by atoms with Crippen LogP contribution in [0.15, 0.2) is 0 Å². The number of methoxy groups -OCH3 is 1. The third-order valence-corrected chi connectivity index (χ3v) is 3.82. The SMILES string of the molecule is CCOC(=O)C1CC(Br)C(OC(C)COC)C1. The Morgan fingerprint density at radius 3 is 2.76 bits per heavy atom. The first-order valence-electron chi connectivity index (χ1n) is 6.03. The summed E-state index contributed by atoms with van der Waals surface area (Å²) in [6.07, 6.45) is 1.62. The number of rotatable bonds is 6. The van der Waals surface area contributed by atoms with Crippen molar-refractivity contribution in [3.63, 3.8) is 0 Å². The number of alkyl halides is 1. The molecule has 0 saturated heterocycles. The lowest BCUT2D eigenvalue weighted by atomic mass is 10.1. The van der Waals surface area contributed by atoms with Crippen molar-refractivity contribution < 1.29 is 19.0 Å². The molecule has 0 amide bonds.